The van der Waals surface area contributed by atoms with Crippen molar-refractivity contribution in [2.75, 3.05) is 13.2 Å². The van der Waals surface area contributed by atoms with Crippen LogP contribution >= 0.6 is 0 Å². The molecule has 0 bridgehead atoms. The summed E-state index contributed by atoms with van der Waals surface area (Å²) < 4.78 is 11.9. The van der Waals surface area contributed by atoms with Crippen LogP contribution in [0.5, 0.6) is 11.5 Å². The van der Waals surface area contributed by atoms with Crippen molar-refractivity contribution in [3.63, 3.8) is 0 Å². The molecule has 0 heterocycles. The first kappa shape index (κ1) is 17.8. The van der Waals surface area contributed by atoms with Gasteiger partial charge in [0.05, 0.1) is 12.7 Å². The molecule has 0 amide bonds. The van der Waals surface area contributed by atoms with Crippen LogP contribution in [0.4, 0.5) is 0 Å². The first-order valence-electron chi connectivity index (χ1n) is 8.38. The summed E-state index contributed by atoms with van der Waals surface area (Å²) in [6.45, 7) is 11.2. The van der Waals surface area contributed by atoms with Crippen LogP contribution in [-0.2, 0) is 6.54 Å². The van der Waals surface area contributed by atoms with Gasteiger partial charge in [0.2, 0.25) is 0 Å². The molecule has 3 heteroatoms. The molecule has 1 N–H and O–H groups in total. The second kappa shape index (κ2) is 10.5. The molecule has 21 heavy (non-hydrogen) atoms. The summed E-state index contributed by atoms with van der Waals surface area (Å²) in [4.78, 5) is 0. The highest BCUT2D eigenvalue weighted by atomic mass is 16.5. The molecule has 0 aliphatic carbocycles. The maximum Gasteiger partial charge on any atom is 0.127 e. The molecule has 0 saturated heterocycles. The van der Waals surface area contributed by atoms with Gasteiger partial charge in [-0.15, -0.1) is 0 Å². The molecule has 0 radical (unpaired) electrons. The summed E-state index contributed by atoms with van der Waals surface area (Å²) in [5.41, 5.74) is 1.21. The number of hydrogen-bond donors (Lipinski definition) is 1. The van der Waals surface area contributed by atoms with Crippen molar-refractivity contribution < 1.29 is 9.47 Å². The third-order valence-electron chi connectivity index (χ3n) is 3.46. The van der Waals surface area contributed by atoms with E-state index < -0.39 is 0 Å². The van der Waals surface area contributed by atoms with E-state index in [0.29, 0.717) is 0 Å². The number of benzene rings is 1. The van der Waals surface area contributed by atoms with Crippen molar-refractivity contribution in [3.05, 3.63) is 23.8 Å². The van der Waals surface area contributed by atoms with Crippen LogP contribution in [-0.4, -0.2) is 19.3 Å². The van der Waals surface area contributed by atoms with Gasteiger partial charge < -0.3 is 14.8 Å². The second-order valence-electron chi connectivity index (χ2n) is 5.35. The summed E-state index contributed by atoms with van der Waals surface area (Å²) in [6, 6.07) is 6.20. The fourth-order valence-electron chi connectivity index (χ4n) is 2.14. The Morgan fingerprint density at radius 2 is 1.81 bits per heavy atom. The van der Waals surface area contributed by atoms with Crippen molar-refractivity contribution in [1.29, 1.82) is 0 Å². The Morgan fingerprint density at radius 1 is 1.05 bits per heavy atom. The molecule has 1 aromatic rings. The topological polar surface area (TPSA) is 30.5 Å². The minimum absolute atomic E-state index is 0.274. The zero-order chi connectivity index (χ0) is 15.5. The predicted molar refractivity (Wildman–Crippen MR) is 89.2 cm³/mol. The third kappa shape index (κ3) is 6.38. The average molecular weight is 293 g/mol. The van der Waals surface area contributed by atoms with Gasteiger partial charge in [-0.25, -0.2) is 0 Å². The van der Waals surface area contributed by atoms with E-state index in [9.17, 15) is 0 Å². The van der Waals surface area contributed by atoms with Crippen LogP contribution in [0.1, 0.15) is 58.9 Å². The summed E-state index contributed by atoms with van der Waals surface area (Å²) >= 11 is 0. The first-order chi connectivity index (χ1) is 10.2. The summed E-state index contributed by atoms with van der Waals surface area (Å²) in [5.74, 6) is 1.86. The second-order valence-corrected chi connectivity index (χ2v) is 5.35. The quantitative estimate of drug-likeness (QED) is 0.607. The van der Waals surface area contributed by atoms with Gasteiger partial charge in [0.15, 0.2) is 0 Å². The molecule has 0 aromatic heterocycles. The maximum absolute atomic E-state index is 6.18. The van der Waals surface area contributed by atoms with E-state index in [1.54, 1.807) is 0 Å². The molecule has 0 aliphatic rings. The highest BCUT2D eigenvalue weighted by Gasteiger charge is 2.11. The predicted octanol–water partition coefficient (Wildman–Crippen LogP) is 4.54. The van der Waals surface area contributed by atoms with Crippen LogP contribution < -0.4 is 14.8 Å². The summed E-state index contributed by atoms with van der Waals surface area (Å²) in [6.07, 6.45) is 4.48. The monoisotopic (exact) mass is 293 g/mol. The van der Waals surface area contributed by atoms with Crippen LogP contribution in [0.25, 0.3) is 0 Å². The molecule has 1 rings (SSSR count). The van der Waals surface area contributed by atoms with Gasteiger partial charge in [0.1, 0.15) is 11.5 Å². The molecule has 0 unspecified atom stereocenters. The largest absolute Gasteiger partial charge is 0.493 e. The van der Waals surface area contributed by atoms with Crippen LogP contribution in [0.15, 0.2) is 18.2 Å². The van der Waals surface area contributed by atoms with Gasteiger partial charge in [-0.2, -0.15) is 0 Å². The molecule has 0 fully saturated rings. The fourth-order valence-corrected chi connectivity index (χ4v) is 2.14. The lowest BCUT2D eigenvalue weighted by molar-refractivity contribution is 0.189. The molecular formula is C18H31NO2. The van der Waals surface area contributed by atoms with Crippen molar-refractivity contribution in [3.8, 4) is 11.5 Å². The number of ether oxygens (including phenoxy) is 2. The van der Waals surface area contributed by atoms with Crippen molar-refractivity contribution in [2.24, 2.45) is 0 Å². The third-order valence-corrected chi connectivity index (χ3v) is 3.46. The number of hydrogen-bond acceptors (Lipinski definition) is 3. The molecule has 0 atom stereocenters. The van der Waals surface area contributed by atoms with Gasteiger partial charge in [-0.05, 0) is 38.3 Å². The molecule has 120 valence electrons. The fraction of sp³-hybridized carbons (Fsp3) is 0.667. The Hall–Kier alpha value is -1.22. The van der Waals surface area contributed by atoms with E-state index in [0.717, 1.165) is 56.9 Å². The SMILES string of the molecule is CCCNCc1ccc(OCCC)cc1OC(CC)CC. The smallest absolute Gasteiger partial charge is 0.127 e. The zero-order valence-electron chi connectivity index (χ0n) is 14.1. The normalized spacial score (nSPS) is 10.9. The van der Waals surface area contributed by atoms with E-state index >= 15 is 0 Å². The molecular weight excluding hydrogens is 262 g/mol. The Kier molecular flexibility index (Phi) is 8.91. The molecule has 3 nitrogen and oxygen atoms in total. The van der Waals surface area contributed by atoms with E-state index in [-0.39, 0.29) is 6.10 Å². The molecule has 0 aliphatic heterocycles. The highest BCUT2D eigenvalue weighted by Crippen LogP contribution is 2.27. The standard InChI is InChI=1S/C18H31NO2/c1-5-11-19-14-15-9-10-17(20-12-6-2)13-18(15)21-16(7-3)8-4/h9-10,13,16,19H,5-8,11-12,14H2,1-4H3. The number of rotatable bonds is 11. The lowest BCUT2D eigenvalue weighted by Gasteiger charge is -2.19. The lowest BCUT2D eigenvalue weighted by atomic mass is 10.1. The molecule has 0 spiro atoms. The Bertz CT molecular complexity index is 389. The van der Waals surface area contributed by atoms with Gasteiger partial charge in [0, 0.05) is 18.2 Å². The van der Waals surface area contributed by atoms with Gasteiger partial charge in [-0.3, -0.25) is 0 Å². The van der Waals surface area contributed by atoms with Crippen LogP contribution in [0.3, 0.4) is 0 Å². The van der Waals surface area contributed by atoms with Crippen molar-refractivity contribution in [1.82, 2.24) is 5.32 Å². The minimum atomic E-state index is 0.274. The van der Waals surface area contributed by atoms with Crippen LogP contribution in [0, 0.1) is 0 Å². The van der Waals surface area contributed by atoms with E-state index in [2.05, 4.69) is 39.1 Å². The Balaban J connectivity index is 2.83. The van der Waals surface area contributed by atoms with Crippen molar-refractivity contribution >= 4 is 0 Å². The zero-order valence-corrected chi connectivity index (χ0v) is 14.1. The Labute approximate surface area is 130 Å². The number of nitrogens with one attached hydrogen (secondary N) is 1. The van der Waals surface area contributed by atoms with E-state index in [4.69, 9.17) is 9.47 Å². The minimum Gasteiger partial charge on any atom is -0.493 e. The van der Waals surface area contributed by atoms with E-state index in [1.807, 2.05) is 12.1 Å². The summed E-state index contributed by atoms with van der Waals surface area (Å²) in [5, 5.41) is 3.44. The maximum atomic E-state index is 6.18. The molecule has 1 aromatic carbocycles. The van der Waals surface area contributed by atoms with Crippen molar-refractivity contribution in [2.45, 2.75) is 66.0 Å². The molecule has 0 saturated carbocycles. The van der Waals surface area contributed by atoms with Crippen LogP contribution in [0.2, 0.25) is 0 Å². The van der Waals surface area contributed by atoms with E-state index in [1.165, 1.54) is 5.56 Å². The van der Waals surface area contributed by atoms with Gasteiger partial charge in [0.25, 0.3) is 0 Å². The highest BCUT2D eigenvalue weighted by molar-refractivity contribution is 5.41. The van der Waals surface area contributed by atoms with Gasteiger partial charge >= 0.3 is 0 Å². The average Bonchev–Trinajstić information content (AvgIpc) is 2.52. The Morgan fingerprint density at radius 3 is 2.43 bits per heavy atom. The summed E-state index contributed by atoms with van der Waals surface area (Å²) in [7, 11) is 0. The van der Waals surface area contributed by atoms with Gasteiger partial charge in [-0.1, -0.05) is 33.8 Å². The lowest BCUT2D eigenvalue weighted by Crippen LogP contribution is -2.18. The first-order valence-corrected chi connectivity index (χ1v) is 8.38.